The van der Waals surface area contributed by atoms with E-state index in [9.17, 15) is 10.2 Å². The highest BCUT2D eigenvalue weighted by Gasteiger charge is 2.52. The fourth-order valence-electron chi connectivity index (χ4n) is 7.16. The Morgan fingerprint density at radius 2 is 0.810 bits per heavy atom. The van der Waals surface area contributed by atoms with Gasteiger partial charge in [0.2, 0.25) is 0 Å². The summed E-state index contributed by atoms with van der Waals surface area (Å²) in [5, 5.41) is 23.4. The lowest BCUT2D eigenvalue weighted by Gasteiger charge is -2.48. The van der Waals surface area contributed by atoms with Crippen molar-refractivity contribution in [1.82, 2.24) is 0 Å². The lowest BCUT2D eigenvalue weighted by molar-refractivity contribution is -0.358. The first-order valence-electron chi connectivity index (χ1n) is 19.8. The van der Waals surface area contributed by atoms with E-state index >= 15 is 0 Å². The molecular formula is C47H53NO10. The van der Waals surface area contributed by atoms with Crippen molar-refractivity contribution in [3.05, 3.63) is 179 Å². The van der Waals surface area contributed by atoms with Crippen LogP contribution in [0.4, 0.5) is 0 Å². The van der Waals surface area contributed by atoms with Gasteiger partial charge in [0.05, 0.1) is 52.3 Å². The molecule has 2 saturated heterocycles. The van der Waals surface area contributed by atoms with E-state index in [2.05, 4.69) is 0 Å². The summed E-state index contributed by atoms with van der Waals surface area (Å²) in [7, 11) is 0. The number of rotatable bonds is 19. The highest BCUT2D eigenvalue weighted by molar-refractivity contribution is 5.17. The van der Waals surface area contributed by atoms with Gasteiger partial charge in [-0.25, -0.2) is 0 Å². The molecule has 0 saturated carbocycles. The molecule has 2 aliphatic rings. The molecule has 0 aliphatic carbocycles. The predicted octanol–water partition coefficient (Wildman–Crippen LogP) is 5.69. The second-order valence-electron chi connectivity index (χ2n) is 14.6. The molecule has 4 N–H and O–H groups in total. The quantitative estimate of drug-likeness (QED) is 0.0951. The molecule has 58 heavy (non-hydrogen) atoms. The number of benzene rings is 5. The van der Waals surface area contributed by atoms with Crippen LogP contribution in [0.25, 0.3) is 0 Å². The standard InChI is InChI=1S/C47H53NO10/c48-40-43(54-29-36-22-12-4-13-23-36)41(49)38(31-51-26-33-16-6-1-7-17-33)57-47(40)58-45-44(55-30-37-24-14-5-15-25-37)42(53-28-35-20-10-3-11-21-35)39(56-46(45)50)32-52-27-34-18-8-2-9-19-34/h1-25,38-47,49-50H,26-32,48H2/t38-,39-,40-,41-,42-,43-,44+,45+,46+,47+/m1/s1. The molecule has 0 radical (unpaired) electrons. The van der Waals surface area contributed by atoms with Gasteiger partial charge in [-0.05, 0) is 27.8 Å². The average Bonchev–Trinajstić information content (AvgIpc) is 3.26. The van der Waals surface area contributed by atoms with Gasteiger partial charge in [0.25, 0.3) is 0 Å². The molecular weight excluding hydrogens is 739 g/mol. The largest absolute Gasteiger partial charge is 0.388 e. The molecule has 2 aliphatic heterocycles. The maximum absolute atomic E-state index is 11.8. The third-order valence-electron chi connectivity index (χ3n) is 10.3. The Hall–Kier alpha value is -4.34. The summed E-state index contributed by atoms with van der Waals surface area (Å²) in [6, 6.07) is 47.7. The SMILES string of the molecule is N[C@H]1[C@H](O[C@H]2[C@@H](OCc3ccccc3)[C@H](OCc3ccccc3)[C@@H](COCc3ccccc3)O[C@@H]2O)O[C@H](COCc2ccccc2)[C@@H](O)[C@@H]1OCc1ccccc1. The van der Waals surface area contributed by atoms with Crippen molar-refractivity contribution in [1.29, 1.82) is 0 Å². The van der Waals surface area contributed by atoms with Crippen LogP contribution in [-0.2, 0) is 70.9 Å². The highest BCUT2D eigenvalue weighted by atomic mass is 16.7. The maximum atomic E-state index is 11.8. The Bertz CT molecular complexity index is 1880. The van der Waals surface area contributed by atoms with Crippen molar-refractivity contribution >= 4 is 0 Å². The summed E-state index contributed by atoms with van der Waals surface area (Å²) in [5.74, 6) is 0. The van der Waals surface area contributed by atoms with Gasteiger partial charge in [0.1, 0.15) is 42.7 Å². The molecule has 7 rings (SSSR count). The van der Waals surface area contributed by atoms with Crippen LogP contribution in [0.2, 0.25) is 0 Å². The molecule has 0 aromatic heterocycles. The summed E-state index contributed by atoms with van der Waals surface area (Å²) >= 11 is 0. The first kappa shape index (κ1) is 41.8. The molecule has 2 fully saturated rings. The van der Waals surface area contributed by atoms with E-state index in [0.717, 1.165) is 27.8 Å². The summed E-state index contributed by atoms with van der Waals surface area (Å²) in [5.41, 5.74) is 11.6. The number of aliphatic hydroxyl groups excluding tert-OH is 2. The van der Waals surface area contributed by atoms with Crippen molar-refractivity contribution < 1.29 is 48.1 Å². The smallest absolute Gasteiger partial charge is 0.184 e. The van der Waals surface area contributed by atoms with E-state index in [1.165, 1.54) is 0 Å². The van der Waals surface area contributed by atoms with Crippen LogP contribution in [0.1, 0.15) is 27.8 Å². The zero-order valence-electron chi connectivity index (χ0n) is 32.4. The third-order valence-corrected chi connectivity index (χ3v) is 10.3. The lowest BCUT2D eigenvalue weighted by atomic mass is 9.95. The van der Waals surface area contributed by atoms with Gasteiger partial charge >= 0.3 is 0 Å². The first-order chi connectivity index (χ1) is 28.5. The predicted molar refractivity (Wildman–Crippen MR) is 216 cm³/mol. The van der Waals surface area contributed by atoms with E-state index in [1.807, 2.05) is 152 Å². The van der Waals surface area contributed by atoms with Gasteiger partial charge in [-0.15, -0.1) is 0 Å². The fourth-order valence-corrected chi connectivity index (χ4v) is 7.16. The van der Waals surface area contributed by atoms with Gasteiger partial charge in [-0.1, -0.05) is 152 Å². The fraction of sp³-hybridized carbons (Fsp3) is 0.362. The zero-order chi connectivity index (χ0) is 39.9. The molecule has 0 spiro atoms. The monoisotopic (exact) mass is 791 g/mol. The number of ether oxygens (including phenoxy) is 8. The van der Waals surface area contributed by atoms with Crippen molar-refractivity contribution in [2.75, 3.05) is 13.2 Å². The Morgan fingerprint density at radius 1 is 0.431 bits per heavy atom. The number of nitrogens with two attached hydrogens (primary N) is 1. The highest BCUT2D eigenvalue weighted by Crippen LogP contribution is 2.33. The van der Waals surface area contributed by atoms with Crippen LogP contribution in [0.5, 0.6) is 0 Å². The lowest BCUT2D eigenvalue weighted by Crippen LogP contribution is -2.67. The minimum absolute atomic E-state index is 0.0229. The van der Waals surface area contributed by atoms with Gasteiger partial charge in [0, 0.05) is 0 Å². The second kappa shape index (κ2) is 21.6. The van der Waals surface area contributed by atoms with Crippen LogP contribution < -0.4 is 5.73 Å². The van der Waals surface area contributed by atoms with Crippen LogP contribution in [0.3, 0.4) is 0 Å². The maximum Gasteiger partial charge on any atom is 0.184 e. The van der Waals surface area contributed by atoms with E-state index in [1.54, 1.807) is 0 Å². The van der Waals surface area contributed by atoms with Gasteiger partial charge in [0.15, 0.2) is 12.6 Å². The molecule has 306 valence electrons. The van der Waals surface area contributed by atoms with Crippen LogP contribution in [0.15, 0.2) is 152 Å². The number of hydrogen-bond donors (Lipinski definition) is 3. The second-order valence-corrected chi connectivity index (χ2v) is 14.6. The molecule has 0 unspecified atom stereocenters. The Balaban J connectivity index is 1.14. The van der Waals surface area contributed by atoms with E-state index < -0.39 is 61.3 Å². The van der Waals surface area contributed by atoms with Crippen LogP contribution >= 0.6 is 0 Å². The van der Waals surface area contributed by atoms with Gasteiger partial charge in [-0.3, -0.25) is 0 Å². The Kier molecular flexibility index (Phi) is 15.6. The molecule has 5 aromatic carbocycles. The van der Waals surface area contributed by atoms with Crippen molar-refractivity contribution in [3.8, 4) is 0 Å². The number of aliphatic hydroxyl groups is 2. The third kappa shape index (κ3) is 11.7. The molecule has 10 atom stereocenters. The topological polar surface area (TPSA) is 140 Å². The first-order valence-corrected chi connectivity index (χ1v) is 19.8. The Labute approximate surface area is 340 Å². The van der Waals surface area contributed by atoms with E-state index in [0.29, 0.717) is 13.2 Å². The summed E-state index contributed by atoms with van der Waals surface area (Å²) < 4.78 is 51.2. The van der Waals surface area contributed by atoms with Crippen molar-refractivity contribution in [3.63, 3.8) is 0 Å². The minimum atomic E-state index is -1.50. The molecule has 0 bridgehead atoms. The van der Waals surface area contributed by atoms with E-state index in [-0.39, 0.29) is 33.0 Å². The van der Waals surface area contributed by atoms with Crippen LogP contribution in [-0.4, -0.2) is 84.8 Å². The molecule has 5 aromatic rings. The van der Waals surface area contributed by atoms with Crippen molar-refractivity contribution in [2.24, 2.45) is 5.73 Å². The molecule has 0 amide bonds. The van der Waals surface area contributed by atoms with Gasteiger partial charge < -0.3 is 53.8 Å². The van der Waals surface area contributed by atoms with E-state index in [4.69, 9.17) is 43.6 Å². The Morgan fingerprint density at radius 3 is 1.26 bits per heavy atom. The summed E-state index contributed by atoms with van der Waals surface area (Å²) in [6.07, 6.45) is -9.19. The average molecular weight is 792 g/mol. The molecule has 11 heteroatoms. The zero-order valence-corrected chi connectivity index (χ0v) is 32.4. The molecule has 11 nitrogen and oxygen atoms in total. The summed E-state index contributed by atoms with van der Waals surface area (Å²) in [6.45, 7) is 1.39. The van der Waals surface area contributed by atoms with Crippen LogP contribution in [0, 0.1) is 0 Å². The minimum Gasteiger partial charge on any atom is -0.388 e. The molecule has 2 heterocycles. The number of hydrogen-bond acceptors (Lipinski definition) is 11. The normalized spacial score (nSPS) is 27.3. The van der Waals surface area contributed by atoms with Crippen molar-refractivity contribution in [2.45, 2.75) is 94.4 Å². The van der Waals surface area contributed by atoms with Gasteiger partial charge in [-0.2, -0.15) is 0 Å². The summed E-state index contributed by atoms with van der Waals surface area (Å²) in [4.78, 5) is 0.